The molecular weight excluding hydrogens is 392 g/mol. The van der Waals surface area contributed by atoms with Crippen LogP contribution in [0.3, 0.4) is 0 Å². The Balaban J connectivity index is 1.65. The predicted octanol–water partition coefficient (Wildman–Crippen LogP) is 3.12. The summed E-state index contributed by atoms with van der Waals surface area (Å²) in [6, 6.07) is 7.34. The number of halogens is 1. The number of imidazole rings is 1. The number of hydrogen-bond donors (Lipinski definition) is 0. The van der Waals surface area contributed by atoms with E-state index in [4.69, 9.17) is 16.3 Å². The van der Waals surface area contributed by atoms with E-state index in [-0.39, 0.29) is 23.4 Å². The summed E-state index contributed by atoms with van der Waals surface area (Å²) in [6.45, 7) is 3.33. The minimum absolute atomic E-state index is 0.123. The van der Waals surface area contributed by atoms with Crippen LogP contribution in [0.5, 0.6) is 0 Å². The number of aromatic nitrogens is 4. The average molecular weight is 417 g/mol. The van der Waals surface area contributed by atoms with Crippen LogP contribution >= 0.6 is 11.6 Å². The van der Waals surface area contributed by atoms with Gasteiger partial charge in [0.05, 0.1) is 12.4 Å². The second-order valence-corrected chi connectivity index (χ2v) is 8.10. The summed E-state index contributed by atoms with van der Waals surface area (Å²) in [5, 5.41) is 0.662. The van der Waals surface area contributed by atoms with Gasteiger partial charge in [0.2, 0.25) is 0 Å². The summed E-state index contributed by atoms with van der Waals surface area (Å²) in [7, 11) is 1.66. The zero-order valence-electron chi connectivity index (χ0n) is 16.7. The molecule has 0 amide bonds. The smallest absolute Gasteiger partial charge is 0.332 e. The Bertz CT molecular complexity index is 1120. The first-order valence-corrected chi connectivity index (χ1v) is 10.4. The van der Waals surface area contributed by atoms with Gasteiger partial charge in [0.1, 0.15) is 0 Å². The first-order valence-electron chi connectivity index (χ1n) is 10.0. The fourth-order valence-corrected chi connectivity index (χ4v) is 3.92. The Morgan fingerprint density at radius 1 is 1.21 bits per heavy atom. The van der Waals surface area contributed by atoms with E-state index in [0.717, 1.165) is 25.0 Å². The Morgan fingerprint density at radius 3 is 2.62 bits per heavy atom. The molecule has 0 radical (unpaired) electrons. The highest BCUT2D eigenvalue weighted by atomic mass is 35.5. The van der Waals surface area contributed by atoms with Crippen molar-refractivity contribution in [2.75, 3.05) is 6.61 Å². The van der Waals surface area contributed by atoms with E-state index in [0.29, 0.717) is 35.6 Å². The minimum atomic E-state index is -0.323. The minimum Gasteiger partial charge on any atom is -0.378 e. The van der Waals surface area contributed by atoms with Crippen LogP contribution in [0.25, 0.3) is 11.2 Å². The number of rotatable bonds is 7. The normalized spacial score (nSPS) is 18.9. The predicted molar refractivity (Wildman–Crippen MR) is 113 cm³/mol. The number of aryl methyl sites for hydroxylation is 1. The van der Waals surface area contributed by atoms with E-state index in [1.807, 2.05) is 24.3 Å². The largest absolute Gasteiger partial charge is 0.378 e. The van der Waals surface area contributed by atoms with Gasteiger partial charge in [-0.3, -0.25) is 13.9 Å². The molecule has 0 bridgehead atoms. The Hall–Kier alpha value is -2.38. The van der Waals surface area contributed by atoms with Crippen LogP contribution in [0.4, 0.5) is 0 Å². The zero-order valence-corrected chi connectivity index (χ0v) is 17.4. The summed E-state index contributed by atoms with van der Waals surface area (Å²) in [6.07, 6.45) is 5.23. The number of ether oxygens (including phenoxy) is 1. The molecule has 0 N–H and O–H groups in total. The molecule has 8 heteroatoms. The summed E-state index contributed by atoms with van der Waals surface area (Å²) in [5.74, 6) is 0. The standard InChI is InChI=1S/C21H25ClN4O3/c1-3-4-9-29-17-10-16(11-17)26-20(27)18-19(24(2)21(26)28)23-13-25(18)12-14-5-7-15(22)8-6-14/h5-8,13,16-17H,3-4,9-12H2,1-2H3. The molecule has 7 nitrogen and oxygen atoms in total. The molecule has 1 aliphatic rings. The van der Waals surface area contributed by atoms with Gasteiger partial charge >= 0.3 is 5.69 Å². The molecule has 2 aromatic heterocycles. The van der Waals surface area contributed by atoms with E-state index in [1.165, 1.54) is 9.13 Å². The Labute approximate surface area is 173 Å². The van der Waals surface area contributed by atoms with Crippen molar-refractivity contribution in [3.05, 3.63) is 62.0 Å². The zero-order chi connectivity index (χ0) is 20.5. The van der Waals surface area contributed by atoms with Gasteiger partial charge in [-0.1, -0.05) is 37.1 Å². The third-order valence-electron chi connectivity index (χ3n) is 5.60. The van der Waals surface area contributed by atoms with Crippen molar-refractivity contribution >= 4 is 22.8 Å². The fraction of sp³-hybridized carbons (Fsp3) is 0.476. The number of fused-ring (bicyclic) bond motifs is 1. The van der Waals surface area contributed by atoms with E-state index in [2.05, 4.69) is 11.9 Å². The van der Waals surface area contributed by atoms with E-state index in [1.54, 1.807) is 17.9 Å². The van der Waals surface area contributed by atoms with Crippen molar-refractivity contribution in [3.8, 4) is 0 Å². The molecule has 0 atom stereocenters. The van der Waals surface area contributed by atoms with Gasteiger partial charge in [0.25, 0.3) is 5.56 Å². The highest BCUT2D eigenvalue weighted by molar-refractivity contribution is 6.30. The van der Waals surface area contributed by atoms with Gasteiger partial charge < -0.3 is 9.30 Å². The Kier molecular flexibility index (Phi) is 5.61. The van der Waals surface area contributed by atoms with Crippen molar-refractivity contribution < 1.29 is 4.74 Å². The first-order chi connectivity index (χ1) is 14.0. The number of hydrogen-bond acceptors (Lipinski definition) is 4. The summed E-state index contributed by atoms with van der Waals surface area (Å²) in [4.78, 5) is 30.4. The quantitative estimate of drug-likeness (QED) is 0.555. The molecule has 1 aromatic carbocycles. The molecule has 4 rings (SSSR count). The van der Waals surface area contributed by atoms with Crippen molar-refractivity contribution in [3.63, 3.8) is 0 Å². The molecule has 0 aliphatic heterocycles. The lowest BCUT2D eigenvalue weighted by Gasteiger charge is -2.35. The number of unbranched alkanes of at least 4 members (excludes halogenated alkanes) is 1. The van der Waals surface area contributed by atoms with Crippen LogP contribution in [0, 0.1) is 0 Å². The third kappa shape index (κ3) is 3.76. The van der Waals surface area contributed by atoms with Crippen LogP contribution < -0.4 is 11.2 Å². The molecule has 1 aliphatic carbocycles. The van der Waals surface area contributed by atoms with Gasteiger partial charge in [-0.25, -0.2) is 9.78 Å². The van der Waals surface area contributed by atoms with Gasteiger partial charge in [-0.05, 0) is 37.0 Å². The van der Waals surface area contributed by atoms with E-state index in [9.17, 15) is 9.59 Å². The average Bonchev–Trinajstić information content (AvgIpc) is 3.09. The lowest BCUT2D eigenvalue weighted by molar-refractivity contribution is -0.0287. The van der Waals surface area contributed by atoms with Gasteiger partial charge in [-0.2, -0.15) is 0 Å². The number of benzene rings is 1. The van der Waals surface area contributed by atoms with Crippen LogP contribution in [-0.2, 0) is 18.3 Å². The maximum atomic E-state index is 13.3. The first kappa shape index (κ1) is 19.9. The lowest BCUT2D eigenvalue weighted by Crippen LogP contribution is -2.47. The van der Waals surface area contributed by atoms with Crippen molar-refractivity contribution in [1.82, 2.24) is 18.7 Å². The van der Waals surface area contributed by atoms with Gasteiger partial charge in [0, 0.05) is 31.3 Å². The van der Waals surface area contributed by atoms with E-state index >= 15 is 0 Å². The molecule has 29 heavy (non-hydrogen) atoms. The van der Waals surface area contributed by atoms with E-state index < -0.39 is 0 Å². The summed E-state index contributed by atoms with van der Waals surface area (Å²) >= 11 is 5.96. The van der Waals surface area contributed by atoms with Gasteiger partial charge in [0.15, 0.2) is 11.2 Å². The number of nitrogens with zero attached hydrogens (tertiary/aromatic N) is 4. The van der Waals surface area contributed by atoms with Crippen molar-refractivity contribution in [2.45, 2.75) is 51.3 Å². The van der Waals surface area contributed by atoms with Gasteiger partial charge in [-0.15, -0.1) is 0 Å². The monoisotopic (exact) mass is 416 g/mol. The summed E-state index contributed by atoms with van der Waals surface area (Å²) in [5.41, 5.74) is 1.24. The molecule has 1 fully saturated rings. The van der Waals surface area contributed by atoms with Crippen LogP contribution in [-0.4, -0.2) is 31.4 Å². The van der Waals surface area contributed by atoms with Crippen LogP contribution in [0.15, 0.2) is 40.2 Å². The topological polar surface area (TPSA) is 71.1 Å². The lowest BCUT2D eigenvalue weighted by atomic mass is 9.89. The third-order valence-corrected chi connectivity index (χ3v) is 5.86. The second kappa shape index (κ2) is 8.16. The van der Waals surface area contributed by atoms with Crippen LogP contribution in [0.1, 0.15) is 44.2 Å². The van der Waals surface area contributed by atoms with Crippen molar-refractivity contribution in [2.24, 2.45) is 7.05 Å². The highest BCUT2D eigenvalue weighted by Gasteiger charge is 2.34. The molecule has 0 spiro atoms. The SMILES string of the molecule is CCCCOC1CC(n2c(=O)c3c(ncn3Cc3ccc(Cl)cc3)n(C)c2=O)C1. The van der Waals surface area contributed by atoms with Crippen LogP contribution in [0.2, 0.25) is 5.02 Å². The summed E-state index contributed by atoms with van der Waals surface area (Å²) < 4.78 is 10.4. The second-order valence-electron chi connectivity index (χ2n) is 7.66. The molecule has 0 saturated heterocycles. The maximum Gasteiger partial charge on any atom is 0.332 e. The Morgan fingerprint density at radius 2 is 1.93 bits per heavy atom. The fourth-order valence-electron chi connectivity index (χ4n) is 3.80. The van der Waals surface area contributed by atoms with Crippen molar-refractivity contribution in [1.29, 1.82) is 0 Å². The molecule has 1 saturated carbocycles. The highest BCUT2D eigenvalue weighted by Crippen LogP contribution is 2.33. The molecule has 3 aromatic rings. The molecule has 154 valence electrons. The molecule has 2 heterocycles. The molecule has 0 unspecified atom stereocenters. The molecular formula is C21H25ClN4O3. The maximum absolute atomic E-state index is 13.3.